The molecule has 106 valence electrons. The Balaban J connectivity index is 2.13. The lowest BCUT2D eigenvalue weighted by Crippen LogP contribution is -2.39. The molecule has 0 aromatic carbocycles. The van der Waals surface area contributed by atoms with E-state index in [4.69, 9.17) is 0 Å². The second-order valence-corrected chi connectivity index (χ2v) is 6.62. The zero-order valence-corrected chi connectivity index (χ0v) is 12.6. The minimum Gasteiger partial charge on any atom is -0.355 e. The normalized spacial score (nSPS) is 18.5. The van der Waals surface area contributed by atoms with Crippen molar-refractivity contribution in [1.29, 1.82) is 0 Å². The summed E-state index contributed by atoms with van der Waals surface area (Å²) < 4.78 is 11.5. The van der Waals surface area contributed by atoms with Gasteiger partial charge in [0.15, 0.2) is 0 Å². The molecule has 2 rings (SSSR count). The summed E-state index contributed by atoms with van der Waals surface area (Å²) in [7, 11) is -0.642. The van der Waals surface area contributed by atoms with Gasteiger partial charge in [-0.3, -0.25) is 4.21 Å². The molecule has 1 atom stereocenters. The number of pyridine rings is 1. The maximum atomic E-state index is 11.5. The van der Waals surface area contributed by atoms with Crippen LogP contribution in [-0.2, 0) is 10.8 Å². The molecule has 1 fully saturated rings. The number of anilines is 1. The standard InChI is InChI=1S/C14H23N3OS/c1-3-6-15-12(2)13-5-4-7-16-14(13)17-8-10-19(18)11-9-17/h4-5,7,12,15H,3,6,8-11H2,1-2H3. The first-order valence-electron chi connectivity index (χ1n) is 7.00. The highest BCUT2D eigenvalue weighted by Gasteiger charge is 2.20. The number of nitrogens with one attached hydrogen (secondary N) is 1. The molecule has 19 heavy (non-hydrogen) atoms. The lowest BCUT2D eigenvalue weighted by atomic mass is 10.1. The molecule has 0 aliphatic carbocycles. The van der Waals surface area contributed by atoms with Gasteiger partial charge >= 0.3 is 0 Å². The van der Waals surface area contributed by atoms with E-state index in [-0.39, 0.29) is 0 Å². The van der Waals surface area contributed by atoms with Crippen molar-refractivity contribution in [2.45, 2.75) is 26.3 Å². The Bertz CT molecular complexity index is 428. The van der Waals surface area contributed by atoms with Crippen LogP contribution in [0, 0.1) is 0 Å². The van der Waals surface area contributed by atoms with Gasteiger partial charge in [0.05, 0.1) is 0 Å². The third-order valence-corrected chi connectivity index (χ3v) is 4.74. The Morgan fingerprint density at radius 1 is 1.47 bits per heavy atom. The predicted molar refractivity (Wildman–Crippen MR) is 81.0 cm³/mol. The van der Waals surface area contributed by atoms with Gasteiger partial charge in [-0.05, 0) is 26.0 Å². The molecular weight excluding hydrogens is 258 g/mol. The van der Waals surface area contributed by atoms with Gasteiger partial charge in [0, 0.05) is 53.2 Å². The first-order valence-corrected chi connectivity index (χ1v) is 8.49. The predicted octanol–water partition coefficient (Wildman–Crippen LogP) is 1.71. The van der Waals surface area contributed by atoms with Gasteiger partial charge in [-0.2, -0.15) is 0 Å². The van der Waals surface area contributed by atoms with Crippen LogP contribution in [0.5, 0.6) is 0 Å². The van der Waals surface area contributed by atoms with Crippen LogP contribution in [0.4, 0.5) is 5.82 Å². The van der Waals surface area contributed by atoms with E-state index in [9.17, 15) is 4.21 Å². The van der Waals surface area contributed by atoms with Crippen LogP contribution in [0.15, 0.2) is 18.3 Å². The van der Waals surface area contributed by atoms with Crippen LogP contribution >= 0.6 is 0 Å². The summed E-state index contributed by atoms with van der Waals surface area (Å²) in [5.41, 5.74) is 1.24. The topological polar surface area (TPSA) is 45.2 Å². The van der Waals surface area contributed by atoms with Crippen molar-refractivity contribution < 1.29 is 4.21 Å². The Kier molecular flexibility index (Phi) is 5.34. The molecule has 1 saturated heterocycles. The lowest BCUT2D eigenvalue weighted by molar-refractivity contribution is 0.567. The van der Waals surface area contributed by atoms with Crippen molar-refractivity contribution >= 4 is 16.6 Å². The SMILES string of the molecule is CCCNC(C)c1cccnc1N1CCS(=O)CC1. The number of aromatic nitrogens is 1. The van der Waals surface area contributed by atoms with Crippen LogP contribution in [0.3, 0.4) is 0 Å². The van der Waals surface area contributed by atoms with Gasteiger partial charge in [-0.25, -0.2) is 4.98 Å². The summed E-state index contributed by atoms with van der Waals surface area (Å²) in [4.78, 5) is 6.81. The van der Waals surface area contributed by atoms with Gasteiger partial charge in [0.25, 0.3) is 0 Å². The summed E-state index contributed by atoms with van der Waals surface area (Å²) in [6.45, 7) is 7.05. The summed E-state index contributed by atoms with van der Waals surface area (Å²) >= 11 is 0. The van der Waals surface area contributed by atoms with Crippen LogP contribution < -0.4 is 10.2 Å². The van der Waals surface area contributed by atoms with Crippen molar-refractivity contribution in [2.75, 3.05) is 36.0 Å². The van der Waals surface area contributed by atoms with Gasteiger partial charge in [0.2, 0.25) is 0 Å². The maximum Gasteiger partial charge on any atom is 0.133 e. The van der Waals surface area contributed by atoms with Crippen molar-refractivity contribution in [2.24, 2.45) is 0 Å². The van der Waals surface area contributed by atoms with Gasteiger partial charge in [-0.15, -0.1) is 0 Å². The quantitative estimate of drug-likeness (QED) is 0.892. The molecule has 1 aromatic rings. The minimum atomic E-state index is -0.642. The number of rotatable bonds is 5. The van der Waals surface area contributed by atoms with Crippen molar-refractivity contribution in [1.82, 2.24) is 10.3 Å². The zero-order valence-electron chi connectivity index (χ0n) is 11.8. The summed E-state index contributed by atoms with van der Waals surface area (Å²) in [6, 6.07) is 4.43. The number of hydrogen-bond acceptors (Lipinski definition) is 4. The fourth-order valence-electron chi connectivity index (χ4n) is 2.33. The summed E-state index contributed by atoms with van der Waals surface area (Å²) in [5.74, 6) is 2.56. The molecular formula is C14H23N3OS. The molecule has 0 spiro atoms. The smallest absolute Gasteiger partial charge is 0.133 e. The van der Waals surface area contributed by atoms with E-state index in [1.807, 2.05) is 12.3 Å². The molecule has 4 nitrogen and oxygen atoms in total. The molecule has 1 unspecified atom stereocenters. The number of nitrogens with zero attached hydrogens (tertiary/aromatic N) is 2. The average Bonchev–Trinajstić information content (AvgIpc) is 2.45. The largest absolute Gasteiger partial charge is 0.355 e. The molecule has 2 heterocycles. The number of hydrogen-bond donors (Lipinski definition) is 1. The molecule has 5 heteroatoms. The van der Waals surface area contributed by atoms with Crippen LogP contribution in [-0.4, -0.2) is 40.3 Å². The van der Waals surface area contributed by atoms with E-state index in [2.05, 4.69) is 35.1 Å². The molecule has 1 aromatic heterocycles. The van der Waals surface area contributed by atoms with Crippen molar-refractivity contribution in [3.05, 3.63) is 23.9 Å². The second-order valence-electron chi connectivity index (χ2n) is 4.93. The lowest BCUT2D eigenvalue weighted by Gasteiger charge is -2.30. The Morgan fingerprint density at radius 3 is 2.89 bits per heavy atom. The van der Waals surface area contributed by atoms with E-state index in [1.54, 1.807) is 0 Å². The van der Waals surface area contributed by atoms with Crippen LogP contribution in [0.25, 0.3) is 0 Å². The summed E-state index contributed by atoms with van der Waals surface area (Å²) in [6.07, 6.45) is 2.97. The monoisotopic (exact) mass is 281 g/mol. The molecule has 0 amide bonds. The third-order valence-electron chi connectivity index (χ3n) is 3.46. The van der Waals surface area contributed by atoms with E-state index >= 15 is 0 Å². The first-order chi connectivity index (χ1) is 9.22. The highest BCUT2D eigenvalue weighted by molar-refractivity contribution is 7.85. The maximum absolute atomic E-state index is 11.5. The fourth-order valence-corrected chi connectivity index (χ4v) is 3.38. The minimum absolute atomic E-state index is 0.302. The second kappa shape index (κ2) is 7.01. The Hall–Kier alpha value is -0.940. The van der Waals surface area contributed by atoms with Crippen LogP contribution in [0.2, 0.25) is 0 Å². The van der Waals surface area contributed by atoms with Crippen molar-refractivity contribution in [3.63, 3.8) is 0 Å². The first kappa shape index (κ1) is 14.5. The van der Waals surface area contributed by atoms with Gasteiger partial charge in [-0.1, -0.05) is 13.0 Å². The van der Waals surface area contributed by atoms with Crippen molar-refractivity contribution in [3.8, 4) is 0 Å². The zero-order chi connectivity index (χ0) is 13.7. The van der Waals surface area contributed by atoms with E-state index in [0.29, 0.717) is 6.04 Å². The summed E-state index contributed by atoms with van der Waals surface area (Å²) in [5, 5.41) is 3.51. The molecule has 0 radical (unpaired) electrons. The van der Waals surface area contributed by atoms with E-state index in [1.165, 1.54) is 5.56 Å². The highest BCUT2D eigenvalue weighted by atomic mass is 32.2. The third kappa shape index (κ3) is 3.76. The van der Waals surface area contributed by atoms with Gasteiger partial charge in [0.1, 0.15) is 5.82 Å². The highest BCUT2D eigenvalue weighted by Crippen LogP contribution is 2.24. The molecule has 1 aliphatic heterocycles. The Labute approximate surface area is 118 Å². The molecule has 1 aliphatic rings. The van der Waals surface area contributed by atoms with E-state index < -0.39 is 10.8 Å². The van der Waals surface area contributed by atoms with Gasteiger partial charge < -0.3 is 10.2 Å². The van der Waals surface area contributed by atoms with Crippen LogP contribution in [0.1, 0.15) is 31.9 Å². The Morgan fingerprint density at radius 2 is 2.21 bits per heavy atom. The molecule has 0 bridgehead atoms. The average molecular weight is 281 g/mol. The molecule has 1 N–H and O–H groups in total. The van der Waals surface area contributed by atoms with E-state index in [0.717, 1.165) is 43.4 Å². The fraction of sp³-hybridized carbons (Fsp3) is 0.643. The molecule has 0 saturated carbocycles.